The van der Waals surface area contributed by atoms with E-state index in [1.54, 1.807) is 7.11 Å². The molecule has 0 aliphatic heterocycles. The monoisotopic (exact) mass is 298 g/mol. The van der Waals surface area contributed by atoms with E-state index in [1.807, 2.05) is 11.6 Å². The number of ether oxygens (including phenoxy) is 2. The highest BCUT2D eigenvalue weighted by atomic mass is 16.5. The summed E-state index contributed by atoms with van der Waals surface area (Å²) in [5.74, 6) is 0. The summed E-state index contributed by atoms with van der Waals surface area (Å²) in [5, 5.41) is 14.9. The SMILES string of the molecule is CCc1nn(CCOCCCOC)c(CC)c1C(O)CC. The zero-order valence-corrected chi connectivity index (χ0v) is 13.9. The summed E-state index contributed by atoms with van der Waals surface area (Å²) < 4.78 is 12.6. The summed E-state index contributed by atoms with van der Waals surface area (Å²) in [7, 11) is 1.70. The van der Waals surface area contributed by atoms with E-state index in [0.29, 0.717) is 13.2 Å². The van der Waals surface area contributed by atoms with Gasteiger partial charge in [0.05, 0.1) is 24.9 Å². The average molecular weight is 298 g/mol. The Morgan fingerprint density at radius 3 is 2.48 bits per heavy atom. The van der Waals surface area contributed by atoms with E-state index >= 15 is 0 Å². The van der Waals surface area contributed by atoms with E-state index in [9.17, 15) is 5.11 Å². The van der Waals surface area contributed by atoms with Gasteiger partial charge in [-0.25, -0.2) is 0 Å². The predicted octanol–water partition coefficient (Wildman–Crippen LogP) is 2.50. The lowest BCUT2D eigenvalue weighted by molar-refractivity contribution is 0.0955. The smallest absolute Gasteiger partial charge is 0.0823 e. The first kappa shape index (κ1) is 18.1. The number of aliphatic hydroxyl groups is 1. The fourth-order valence-corrected chi connectivity index (χ4v) is 2.53. The molecule has 1 unspecified atom stereocenters. The van der Waals surface area contributed by atoms with Crippen LogP contribution >= 0.6 is 0 Å². The van der Waals surface area contributed by atoms with Crippen LogP contribution in [0.4, 0.5) is 0 Å². The van der Waals surface area contributed by atoms with Gasteiger partial charge in [-0.3, -0.25) is 4.68 Å². The van der Waals surface area contributed by atoms with Crippen molar-refractivity contribution in [2.75, 3.05) is 26.9 Å². The highest BCUT2D eigenvalue weighted by Gasteiger charge is 2.20. The number of hydrogen-bond donors (Lipinski definition) is 1. The minimum absolute atomic E-state index is 0.411. The van der Waals surface area contributed by atoms with Crippen molar-refractivity contribution >= 4 is 0 Å². The van der Waals surface area contributed by atoms with Crippen LogP contribution in [-0.2, 0) is 28.9 Å². The molecule has 5 nitrogen and oxygen atoms in total. The van der Waals surface area contributed by atoms with Gasteiger partial charge in [0.2, 0.25) is 0 Å². The molecule has 1 N–H and O–H groups in total. The van der Waals surface area contributed by atoms with E-state index in [-0.39, 0.29) is 0 Å². The number of aromatic nitrogens is 2. The highest BCUT2D eigenvalue weighted by Crippen LogP contribution is 2.25. The second kappa shape index (κ2) is 9.92. The molecule has 0 saturated heterocycles. The molecule has 0 aromatic carbocycles. The first-order valence-electron chi connectivity index (χ1n) is 8.02. The van der Waals surface area contributed by atoms with Crippen LogP contribution in [0.1, 0.15) is 56.7 Å². The molecule has 1 aromatic heterocycles. The molecule has 21 heavy (non-hydrogen) atoms. The lowest BCUT2D eigenvalue weighted by atomic mass is 10.0. The lowest BCUT2D eigenvalue weighted by Crippen LogP contribution is -2.12. The normalized spacial score (nSPS) is 12.8. The molecule has 1 aromatic rings. The molecule has 0 radical (unpaired) electrons. The lowest BCUT2D eigenvalue weighted by Gasteiger charge is -2.12. The second-order valence-electron chi connectivity index (χ2n) is 5.12. The van der Waals surface area contributed by atoms with Gasteiger partial charge in [0.15, 0.2) is 0 Å². The summed E-state index contributed by atoms with van der Waals surface area (Å²) in [5.41, 5.74) is 3.18. The number of nitrogens with zero attached hydrogens (tertiary/aromatic N) is 2. The van der Waals surface area contributed by atoms with Crippen LogP contribution in [0.15, 0.2) is 0 Å². The summed E-state index contributed by atoms with van der Waals surface area (Å²) >= 11 is 0. The molecule has 1 atom stereocenters. The fourth-order valence-electron chi connectivity index (χ4n) is 2.53. The predicted molar refractivity (Wildman–Crippen MR) is 83.5 cm³/mol. The van der Waals surface area contributed by atoms with Crippen LogP contribution in [-0.4, -0.2) is 41.8 Å². The summed E-state index contributed by atoms with van der Waals surface area (Å²) in [6, 6.07) is 0. The van der Waals surface area contributed by atoms with Crippen LogP contribution in [0.3, 0.4) is 0 Å². The van der Waals surface area contributed by atoms with Crippen molar-refractivity contribution < 1.29 is 14.6 Å². The Labute approximate surface area is 128 Å². The minimum Gasteiger partial charge on any atom is -0.388 e. The van der Waals surface area contributed by atoms with Gasteiger partial charge in [0.1, 0.15) is 0 Å². The van der Waals surface area contributed by atoms with Crippen LogP contribution in [0.2, 0.25) is 0 Å². The number of aliphatic hydroxyl groups excluding tert-OH is 1. The van der Waals surface area contributed by atoms with Crippen LogP contribution < -0.4 is 0 Å². The zero-order valence-electron chi connectivity index (χ0n) is 13.9. The molecule has 5 heteroatoms. The van der Waals surface area contributed by atoms with Gasteiger partial charge in [0.25, 0.3) is 0 Å². The van der Waals surface area contributed by atoms with E-state index in [1.165, 1.54) is 0 Å². The van der Waals surface area contributed by atoms with E-state index in [4.69, 9.17) is 9.47 Å². The van der Waals surface area contributed by atoms with E-state index in [2.05, 4.69) is 18.9 Å². The molecular formula is C16H30N2O3. The van der Waals surface area contributed by atoms with Crippen molar-refractivity contribution in [2.45, 2.75) is 59.1 Å². The summed E-state index contributed by atoms with van der Waals surface area (Å²) in [4.78, 5) is 0. The largest absolute Gasteiger partial charge is 0.388 e. The van der Waals surface area contributed by atoms with Gasteiger partial charge in [-0.1, -0.05) is 20.8 Å². The number of rotatable bonds is 11. The first-order valence-corrected chi connectivity index (χ1v) is 8.02. The molecule has 0 spiro atoms. The molecule has 0 saturated carbocycles. The minimum atomic E-state index is -0.411. The van der Waals surface area contributed by atoms with Crippen molar-refractivity contribution in [1.82, 2.24) is 9.78 Å². The molecule has 0 aliphatic rings. The van der Waals surface area contributed by atoms with E-state index in [0.717, 1.165) is 55.8 Å². The first-order chi connectivity index (χ1) is 10.2. The standard InChI is InChI=1S/C16H30N2O3/c1-5-13-16(15(19)7-3)14(6-2)18(17-13)9-12-21-11-8-10-20-4/h15,19H,5-12H2,1-4H3. The molecule has 1 heterocycles. The highest BCUT2D eigenvalue weighted by molar-refractivity contribution is 5.29. The Morgan fingerprint density at radius 2 is 1.90 bits per heavy atom. The summed E-state index contributed by atoms with van der Waals surface area (Å²) in [6.07, 6.45) is 2.95. The van der Waals surface area contributed by atoms with Crippen molar-refractivity contribution in [2.24, 2.45) is 0 Å². The molecule has 0 bridgehead atoms. The Bertz CT molecular complexity index is 404. The van der Waals surface area contributed by atoms with Gasteiger partial charge in [-0.15, -0.1) is 0 Å². The van der Waals surface area contributed by atoms with Gasteiger partial charge in [-0.05, 0) is 25.7 Å². The topological polar surface area (TPSA) is 56.5 Å². The molecule has 1 rings (SSSR count). The van der Waals surface area contributed by atoms with Gasteiger partial charge < -0.3 is 14.6 Å². The molecule has 0 fully saturated rings. The molecule has 0 amide bonds. The summed E-state index contributed by atoms with van der Waals surface area (Å²) in [6.45, 7) is 9.01. The molecule has 0 aliphatic carbocycles. The Kier molecular flexibility index (Phi) is 8.57. The number of aryl methyl sites for hydroxylation is 1. The maximum Gasteiger partial charge on any atom is 0.0823 e. The van der Waals surface area contributed by atoms with Gasteiger partial charge >= 0.3 is 0 Å². The van der Waals surface area contributed by atoms with Crippen LogP contribution in [0, 0.1) is 0 Å². The van der Waals surface area contributed by atoms with Crippen molar-refractivity contribution in [3.63, 3.8) is 0 Å². The maximum atomic E-state index is 10.2. The third-order valence-electron chi connectivity index (χ3n) is 3.65. The fraction of sp³-hybridized carbons (Fsp3) is 0.812. The Balaban J connectivity index is 2.67. The van der Waals surface area contributed by atoms with Crippen LogP contribution in [0.5, 0.6) is 0 Å². The Morgan fingerprint density at radius 1 is 1.14 bits per heavy atom. The third-order valence-corrected chi connectivity index (χ3v) is 3.65. The van der Waals surface area contributed by atoms with Crippen LogP contribution in [0.25, 0.3) is 0 Å². The Hall–Kier alpha value is -0.910. The zero-order chi connectivity index (χ0) is 15.7. The number of hydrogen-bond acceptors (Lipinski definition) is 4. The van der Waals surface area contributed by atoms with Crippen molar-refractivity contribution in [1.29, 1.82) is 0 Å². The third kappa shape index (κ3) is 5.09. The van der Waals surface area contributed by atoms with E-state index < -0.39 is 6.10 Å². The second-order valence-corrected chi connectivity index (χ2v) is 5.12. The number of methoxy groups -OCH3 is 1. The van der Waals surface area contributed by atoms with Crippen molar-refractivity contribution in [3.8, 4) is 0 Å². The van der Waals surface area contributed by atoms with Crippen molar-refractivity contribution in [3.05, 3.63) is 17.0 Å². The molecular weight excluding hydrogens is 268 g/mol. The van der Waals surface area contributed by atoms with Gasteiger partial charge in [-0.2, -0.15) is 5.10 Å². The molecule has 122 valence electrons. The quantitative estimate of drug-likeness (QED) is 0.638. The average Bonchev–Trinajstić information content (AvgIpc) is 2.87. The van der Waals surface area contributed by atoms with Gasteiger partial charge in [0, 0.05) is 31.6 Å². The maximum absolute atomic E-state index is 10.2.